The van der Waals surface area contributed by atoms with Gasteiger partial charge in [0.15, 0.2) is 0 Å². The van der Waals surface area contributed by atoms with E-state index < -0.39 is 61.6 Å². The van der Waals surface area contributed by atoms with E-state index in [1.54, 1.807) is 0 Å². The number of H-pyrrole nitrogens is 1. The Hall–Kier alpha value is -3.03. The van der Waals surface area contributed by atoms with Gasteiger partial charge in [-0.05, 0) is 0 Å². The lowest BCUT2D eigenvalue weighted by Crippen LogP contribution is -2.55. The summed E-state index contributed by atoms with van der Waals surface area (Å²) in [6, 6.07) is -3.90. The first-order valence-corrected chi connectivity index (χ1v) is 7.83. The number of carbonyl (C=O) groups is 4. The van der Waals surface area contributed by atoms with Crippen LogP contribution < -0.4 is 21.7 Å². The lowest BCUT2D eigenvalue weighted by molar-refractivity contribution is -0.141. The highest BCUT2D eigenvalue weighted by atomic mass is 16.4. The van der Waals surface area contributed by atoms with Crippen LogP contribution in [0.15, 0.2) is 12.5 Å². The van der Waals surface area contributed by atoms with Gasteiger partial charge in [-0.3, -0.25) is 14.4 Å². The minimum absolute atomic E-state index is 0.0383. The molecule has 13 nitrogen and oxygen atoms in total. The number of nitrogens with one attached hydrogen (secondary N) is 4. The standard InChI is InChI=1S/C14H22N6O7/c15-8(4-21)12(24)20-10(5-22)13(25)17-3-11(23)19-9(14(26)27)1-7-2-16-6-18-7/h2,6,8-10,21-22H,1,3-5,15H2,(H,16,18)(H,17,25)(H,19,23)(H,20,24)(H,26,27). The number of aromatic amines is 1. The lowest BCUT2D eigenvalue weighted by atomic mass is 10.1. The van der Waals surface area contributed by atoms with Crippen LogP contribution in [-0.2, 0) is 25.6 Å². The first-order chi connectivity index (χ1) is 12.8. The summed E-state index contributed by atoms with van der Waals surface area (Å²) in [7, 11) is 0. The van der Waals surface area contributed by atoms with Crippen molar-refractivity contribution in [3.8, 4) is 0 Å². The van der Waals surface area contributed by atoms with Crippen molar-refractivity contribution in [2.75, 3.05) is 19.8 Å². The number of aliphatic carboxylic acids is 1. The molecule has 0 aliphatic heterocycles. The van der Waals surface area contributed by atoms with Crippen molar-refractivity contribution in [3.05, 3.63) is 18.2 Å². The van der Waals surface area contributed by atoms with E-state index in [1.807, 2.05) is 0 Å². The Morgan fingerprint density at radius 3 is 2.33 bits per heavy atom. The summed E-state index contributed by atoms with van der Waals surface area (Å²) >= 11 is 0. The molecule has 27 heavy (non-hydrogen) atoms. The summed E-state index contributed by atoms with van der Waals surface area (Å²) in [5.41, 5.74) is 5.77. The third kappa shape index (κ3) is 7.39. The highest BCUT2D eigenvalue weighted by Crippen LogP contribution is 1.98. The predicted octanol–water partition coefficient (Wildman–Crippen LogP) is -4.57. The summed E-state index contributed by atoms with van der Waals surface area (Å²) in [4.78, 5) is 53.0. The SMILES string of the molecule is NC(CO)C(=O)NC(CO)C(=O)NCC(=O)NC(Cc1cnc[nH]1)C(=O)O. The van der Waals surface area contributed by atoms with Crippen molar-refractivity contribution < 1.29 is 34.5 Å². The third-order valence-corrected chi connectivity index (χ3v) is 3.38. The van der Waals surface area contributed by atoms with Crippen LogP contribution in [0.3, 0.4) is 0 Å². The van der Waals surface area contributed by atoms with E-state index in [0.29, 0.717) is 5.69 Å². The number of aliphatic hydroxyl groups is 2. The van der Waals surface area contributed by atoms with Crippen LogP contribution in [0.25, 0.3) is 0 Å². The maximum Gasteiger partial charge on any atom is 0.326 e. The topological polar surface area (TPSA) is 220 Å². The van der Waals surface area contributed by atoms with Gasteiger partial charge in [-0.15, -0.1) is 0 Å². The molecule has 150 valence electrons. The number of amides is 3. The smallest absolute Gasteiger partial charge is 0.326 e. The van der Waals surface area contributed by atoms with Crippen molar-refractivity contribution in [3.63, 3.8) is 0 Å². The van der Waals surface area contributed by atoms with E-state index in [1.165, 1.54) is 12.5 Å². The van der Waals surface area contributed by atoms with E-state index in [2.05, 4.69) is 25.9 Å². The Balaban J connectivity index is 2.51. The largest absolute Gasteiger partial charge is 0.480 e. The number of nitrogens with zero attached hydrogens (tertiary/aromatic N) is 1. The van der Waals surface area contributed by atoms with Gasteiger partial charge in [-0.1, -0.05) is 0 Å². The number of carboxylic acids is 1. The molecule has 9 N–H and O–H groups in total. The van der Waals surface area contributed by atoms with Gasteiger partial charge in [-0.2, -0.15) is 0 Å². The Labute approximate surface area is 153 Å². The molecular formula is C14H22N6O7. The fourth-order valence-electron chi connectivity index (χ4n) is 1.91. The molecule has 0 aromatic carbocycles. The van der Waals surface area contributed by atoms with E-state index in [0.717, 1.165) is 0 Å². The Kier molecular flexibility index (Phi) is 8.84. The van der Waals surface area contributed by atoms with Gasteiger partial charge in [0.05, 0.1) is 26.1 Å². The maximum absolute atomic E-state index is 11.9. The molecule has 3 amide bonds. The normalized spacial score (nSPS) is 13.9. The monoisotopic (exact) mass is 386 g/mol. The van der Waals surface area contributed by atoms with Crippen molar-refractivity contribution >= 4 is 23.7 Å². The van der Waals surface area contributed by atoms with Crippen molar-refractivity contribution in [1.82, 2.24) is 25.9 Å². The van der Waals surface area contributed by atoms with Crippen LogP contribution in [-0.4, -0.2) is 86.9 Å². The van der Waals surface area contributed by atoms with Crippen LogP contribution in [0.5, 0.6) is 0 Å². The van der Waals surface area contributed by atoms with Crippen molar-refractivity contribution in [2.45, 2.75) is 24.5 Å². The second-order valence-corrected chi connectivity index (χ2v) is 5.49. The summed E-state index contributed by atoms with van der Waals surface area (Å²) in [6.07, 6.45) is 2.74. The molecule has 3 atom stereocenters. The molecule has 1 aromatic rings. The molecule has 0 aliphatic carbocycles. The van der Waals surface area contributed by atoms with Gasteiger partial charge in [-0.25, -0.2) is 9.78 Å². The van der Waals surface area contributed by atoms with Gasteiger partial charge in [0.2, 0.25) is 17.7 Å². The van der Waals surface area contributed by atoms with Crippen LogP contribution in [0, 0.1) is 0 Å². The zero-order valence-corrected chi connectivity index (χ0v) is 14.2. The van der Waals surface area contributed by atoms with Gasteiger partial charge >= 0.3 is 5.97 Å². The van der Waals surface area contributed by atoms with Crippen LogP contribution >= 0.6 is 0 Å². The highest BCUT2D eigenvalue weighted by molar-refractivity contribution is 5.92. The van der Waals surface area contributed by atoms with E-state index in [-0.39, 0.29) is 6.42 Å². The van der Waals surface area contributed by atoms with Crippen LogP contribution in [0.1, 0.15) is 5.69 Å². The molecule has 1 rings (SSSR count). The van der Waals surface area contributed by atoms with Crippen molar-refractivity contribution in [1.29, 1.82) is 0 Å². The number of nitrogens with two attached hydrogens (primary N) is 1. The molecule has 0 spiro atoms. The molecule has 13 heteroatoms. The number of rotatable bonds is 11. The van der Waals surface area contributed by atoms with E-state index >= 15 is 0 Å². The number of carboxylic acid groups (broad SMARTS) is 1. The number of aliphatic hydroxyl groups excluding tert-OH is 2. The molecule has 1 heterocycles. The van der Waals surface area contributed by atoms with E-state index in [9.17, 15) is 19.2 Å². The zero-order chi connectivity index (χ0) is 20.4. The van der Waals surface area contributed by atoms with E-state index in [4.69, 9.17) is 21.1 Å². The Bertz CT molecular complexity index is 650. The quantitative estimate of drug-likeness (QED) is 0.183. The number of aromatic nitrogens is 2. The second-order valence-electron chi connectivity index (χ2n) is 5.49. The number of hydrogen-bond acceptors (Lipinski definition) is 8. The highest BCUT2D eigenvalue weighted by Gasteiger charge is 2.24. The fraction of sp³-hybridized carbons (Fsp3) is 0.500. The average molecular weight is 386 g/mol. The average Bonchev–Trinajstić information content (AvgIpc) is 3.15. The van der Waals surface area contributed by atoms with Gasteiger partial charge in [0.25, 0.3) is 0 Å². The van der Waals surface area contributed by atoms with Crippen LogP contribution in [0.2, 0.25) is 0 Å². The zero-order valence-electron chi connectivity index (χ0n) is 14.2. The first kappa shape index (κ1) is 22.0. The van der Waals surface area contributed by atoms with Crippen molar-refractivity contribution in [2.24, 2.45) is 5.73 Å². The second kappa shape index (κ2) is 10.8. The third-order valence-electron chi connectivity index (χ3n) is 3.38. The van der Waals surface area contributed by atoms with Gasteiger partial charge < -0.3 is 42.0 Å². The number of hydrogen-bond donors (Lipinski definition) is 8. The molecule has 0 bridgehead atoms. The minimum Gasteiger partial charge on any atom is -0.480 e. The number of carbonyl (C=O) groups excluding carboxylic acids is 3. The molecule has 3 unspecified atom stereocenters. The number of imidazole rings is 1. The maximum atomic E-state index is 11.9. The van der Waals surface area contributed by atoms with Crippen LogP contribution in [0.4, 0.5) is 0 Å². The molecule has 0 aliphatic rings. The predicted molar refractivity (Wildman–Crippen MR) is 88.9 cm³/mol. The Morgan fingerprint density at radius 2 is 1.81 bits per heavy atom. The molecule has 0 fully saturated rings. The summed E-state index contributed by atoms with van der Waals surface area (Å²) < 4.78 is 0. The van der Waals surface area contributed by atoms with Gasteiger partial charge in [0.1, 0.15) is 18.1 Å². The molecular weight excluding hydrogens is 364 g/mol. The summed E-state index contributed by atoms with van der Waals surface area (Å²) in [5, 5.41) is 33.6. The Morgan fingerprint density at radius 1 is 1.11 bits per heavy atom. The molecule has 1 aromatic heterocycles. The first-order valence-electron chi connectivity index (χ1n) is 7.83. The van der Waals surface area contributed by atoms with Gasteiger partial charge in [0, 0.05) is 18.3 Å². The molecule has 0 saturated heterocycles. The fourth-order valence-corrected chi connectivity index (χ4v) is 1.91. The molecule has 0 radical (unpaired) electrons. The minimum atomic E-state index is -1.39. The molecule has 0 saturated carbocycles. The lowest BCUT2D eigenvalue weighted by Gasteiger charge is -2.18. The summed E-state index contributed by atoms with van der Waals surface area (Å²) in [6.45, 7) is -2.00. The summed E-state index contributed by atoms with van der Waals surface area (Å²) in [5.74, 6) is -3.80.